The maximum atomic E-state index is 15.8. The summed E-state index contributed by atoms with van der Waals surface area (Å²) in [6.45, 7) is 3.56. The van der Waals surface area contributed by atoms with Crippen molar-refractivity contribution in [1.82, 2.24) is 19.9 Å². The van der Waals surface area contributed by atoms with E-state index in [-0.39, 0.29) is 41.0 Å². The number of nitrogens with zero attached hydrogens (tertiary/aromatic N) is 3. The molecule has 46 heavy (non-hydrogen) atoms. The zero-order valence-corrected chi connectivity index (χ0v) is 26.9. The number of carbonyl (C=O) groups excluding carboxylic acids is 1. The van der Waals surface area contributed by atoms with Crippen LogP contribution in [0.3, 0.4) is 0 Å². The number of piperidine rings is 1. The van der Waals surface area contributed by atoms with Crippen LogP contribution in [0.5, 0.6) is 0 Å². The molecule has 2 aliphatic heterocycles. The van der Waals surface area contributed by atoms with Crippen molar-refractivity contribution >= 4 is 33.0 Å². The highest BCUT2D eigenvalue weighted by molar-refractivity contribution is 7.91. The number of rotatable bonds is 13. The van der Waals surface area contributed by atoms with Gasteiger partial charge in [0.1, 0.15) is 39.7 Å². The van der Waals surface area contributed by atoms with Crippen LogP contribution >= 0.6 is 0 Å². The Morgan fingerprint density at radius 1 is 1.13 bits per heavy atom. The quantitative estimate of drug-likeness (QED) is 0.178. The standard InChI is InChI=1S/C33H42F3N5O4S/c1-22(25-6-5-7-28(29(25)34)33(35,36)13-8-23-9-14-37-15-10-23)40-30-27-20-26(24-11-18-46(44,45)19-12-24)32(43)41(16-3-2-4-17-42)31(27)39-21-38-30/h5-7,17,20-24,37H,2-4,8-16,18-19H2,1H3,(H,38,39,40). The molecule has 0 spiro atoms. The van der Waals surface area contributed by atoms with Crippen LogP contribution in [-0.2, 0) is 27.1 Å². The Morgan fingerprint density at radius 3 is 2.59 bits per heavy atom. The number of halogens is 3. The average molecular weight is 662 g/mol. The number of benzene rings is 1. The minimum atomic E-state index is -3.32. The summed E-state index contributed by atoms with van der Waals surface area (Å²) in [5, 5.41) is 6.88. The topological polar surface area (TPSA) is 123 Å². The number of aldehydes is 1. The molecule has 250 valence electrons. The predicted molar refractivity (Wildman–Crippen MR) is 172 cm³/mol. The molecule has 2 N–H and O–H groups in total. The summed E-state index contributed by atoms with van der Waals surface area (Å²) in [6.07, 6.45) is 5.78. The third kappa shape index (κ3) is 7.79. The van der Waals surface area contributed by atoms with Crippen LogP contribution in [0.2, 0.25) is 0 Å². The van der Waals surface area contributed by atoms with Crippen LogP contribution in [-0.4, -0.2) is 53.8 Å². The van der Waals surface area contributed by atoms with Gasteiger partial charge in [0, 0.05) is 30.5 Å². The van der Waals surface area contributed by atoms with Crippen LogP contribution in [0.15, 0.2) is 35.4 Å². The van der Waals surface area contributed by atoms with E-state index < -0.39 is 39.6 Å². The fourth-order valence-electron chi connectivity index (χ4n) is 6.66. The zero-order valence-electron chi connectivity index (χ0n) is 26.1. The summed E-state index contributed by atoms with van der Waals surface area (Å²) in [5.74, 6) is -4.11. The molecule has 3 aromatic rings. The third-order valence-corrected chi connectivity index (χ3v) is 11.1. The van der Waals surface area contributed by atoms with E-state index in [1.165, 1.54) is 23.0 Å². The summed E-state index contributed by atoms with van der Waals surface area (Å²) in [6, 6.07) is 4.97. The largest absolute Gasteiger partial charge is 0.363 e. The lowest BCUT2D eigenvalue weighted by Crippen LogP contribution is -2.30. The number of anilines is 1. The first-order valence-corrected chi connectivity index (χ1v) is 18.0. The number of fused-ring (bicyclic) bond motifs is 1. The Hall–Kier alpha value is -3.32. The minimum Gasteiger partial charge on any atom is -0.363 e. The summed E-state index contributed by atoms with van der Waals surface area (Å²) in [4.78, 5) is 33.4. The van der Waals surface area contributed by atoms with Gasteiger partial charge >= 0.3 is 0 Å². The number of unbranched alkanes of at least 4 members (excludes halogenated alkanes) is 2. The van der Waals surface area contributed by atoms with Gasteiger partial charge in [-0.25, -0.2) is 31.6 Å². The summed E-state index contributed by atoms with van der Waals surface area (Å²) >= 11 is 0. The number of alkyl halides is 2. The molecule has 1 aromatic carbocycles. The summed E-state index contributed by atoms with van der Waals surface area (Å²) in [7, 11) is -3.16. The lowest BCUT2D eigenvalue weighted by Gasteiger charge is -2.26. The van der Waals surface area contributed by atoms with Gasteiger partial charge in [0.05, 0.1) is 28.5 Å². The van der Waals surface area contributed by atoms with Gasteiger partial charge in [0.15, 0.2) is 0 Å². The molecular weight excluding hydrogens is 619 g/mol. The molecule has 1 atom stereocenters. The molecule has 5 rings (SSSR count). The van der Waals surface area contributed by atoms with Gasteiger partial charge in [0.2, 0.25) is 0 Å². The fourth-order valence-corrected chi connectivity index (χ4v) is 8.15. The van der Waals surface area contributed by atoms with Crippen molar-refractivity contribution < 1.29 is 26.4 Å². The van der Waals surface area contributed by atoms with Gasteiger partial charge in [-0.1, -0.05) is 18.2 Å². The van der Waals surface area contributed by atoms with Crippen LogP contribution in [0.1, 0.15) is 93.4 Å². The maximum Gasteiger partial charge on any atom is 0.276 e. The zero-order chi connectivity index (χ0) is 32.9. The van der Waals surface area contributed by atoms with Crippen molar-refractivity contribution in [2.24, 2.45) is 5.92 Å². The Labute approximate surface area is 267 Å². The number of aromatic nitrogens is 3. The monoisotopic (exact) mass is 661 g/mol. The van der Waals surface area contributed by atoms with Gasteiger partial charge in [-0.2, -0.15) is 0 Å². The number of nitrogens with one attached hydrogen (secondary N) is 2. The van der Waals surface area contributed by atoms with E-state index in [4.69, 9.17) is 0 Å². The van der Waals surface area contributed by atoms with Gasteiger partial charge in [-0.3, -0.25) is 9.36 Å². The van der Waals surface area contributed by atoms with Crippen LogP contribution < -0.4 is 16.2 Å². The van der Waals surface area contributed by atoms with Crippen molar-refractivity contribution in [3.8, 4) is 0 Å². The molecule has 2 fully saturated rings. The van der Waals surface area contributed by atoms with E-state index in [0.717, 1.165) is 38.3 Å². The van der Waals surface area contributed by atoms with Crippen LogP contribution in [0, 0.1) is 11.7 Å². The van der Waals surface area contributed by atoms with Crippen LogP contribution in [0.4, 0.5) is 19.0 Å². The van der Waals surface area contributed by atoms with Crippen molar-refractivity contribution in [3.05, 3.63) is 63.5 Å². The molecule has 2 saturated heterocycles. The number of hydrogen-bond donors (Lipinski definition) is 2. The minimum absolute atomic E-state index is 0.0139. The van der Waals surface area contributed by atoms with E-state index in [9.17, 15) is 18.0 Å². The Balaban J connectivity index is 1.45. The van der Waals surface area contributed by atoms with Gasteiger partial charge in [-0.15, -0.1) is 0 Å². The van der Waals surface area contributed by atoms with E-state index in [1.54, 1.807) is 13.0 Å². The highest BCUT2D eigenvalue weighted by Gasteiger charge is 2.36. The van der Waals surface area contributed by atoms with E-state index in [0.29, 0.717) is 60.9 Å². The molecule has 0 saturated carbocycles. The van der Waals surface area contributed by atoms with Crippen molar-refractivity contribution in [2.75, 3.05) is 29.9 Å². The summed E-state index contributed by atoms with van der Waals surface area (Å²) < 4.78 is 72.3. The lowest BCUT2D eigenvalue weighted by atomic mass is 9.89. The highest BCUT2D eigenvalue weighted by Crippen LogP contribution is 2.39. The van der Waals surface area contributed by atoms with Gasteiger partial charge in [0.25, 0.3) is 11.5 Å². The lowest BCUT2D eigenvalue weighted by molar-refractivity contribution is -0.107. The highest BCUT2D eigenvalue weighted by atomic mass is 32.2. The first-order valence-electron chi connectivity index (χ1n) is 16.2. The van der Waals surface area contributed by atoms with Crippen LogP contribution in [0.25, 0.3) is 11.0 Å². The molecule has 13 heteroatoms. The van der Waals surface area contributed by atoms with E-state index in [1.807, 2.05) is 0 Å². The number of pyridine rings is 1. The number of carbonyl (C=O) groups is 1. The molecule has 0 aliphatic carbocycles. The second-order valence-electron chi connectivity index (χ2n) is 12.6. The van der Waals surface area contributed by atoms with Crippen molar-refractivity contribution in [2.45, 2.75) is 89.1 Å². The maximum absolute atomic E-state index is 15.8. The van der Waals surface area contributed by atoms with Gasteiger partial charge in [-0.05, 0) is 82.9 Å². The molecule has 0 amide bonds. The predicted octanol–water partition coefficient (Wildman–Crippen LogP) is 5.64. The molecule has 0 radical (unpaired) electrons. The average Bonchev–Trinajstić information content (AvgIpc) is 3.03. The molecule has 2 aromatic heterocycles. The third-order valence-electron chi connectivity index (χ3n) is 9.43. The normalized spacial score (nSPS) is 18.4. The Morgan fingerprint density at radius 2 is 1.87 bits per heavy atom. The van der Waals surface area contributed by atoms with Gasteiger partial charge < -0.3 is 15.4 Å². The Kier molecular flexibility index (Phi) is 10.8. The van der Waals surface area contributed by atoms with E-state index in [2.05, 4.69) is 20.6 Å². The first kappa shape index (κ1) is 34.0. The second kappa shape index (κ2) is 14.6. The van der Waals surface area contributed by atoms with E-state index >= 15 is 13.2 Å². The fraction of sp³-hybridized carbons (Fsp3) is 0.576. The molecule has 9 nitrogen and oxygen atoms in total. The number of hydrogen-bond acceptors (Lipinski definition) is 8. The number of aryl methyl sites for hydroxylation is 1. The molecule has 4 heterocycles. The Bertz CT molecular complexity index is 1700. The van der Waals surface area contributed by atoms with Crippen molar-refractivity contribution in [3.63, 3.8) is 0 Å². The first-order chi connectivity index (χ1) is 22.0. The molecular formula is C33H42F3N5O4S. The van der Waals surface area contributed by atoms with Crippen molar-refractivity contribution in [1.29, 1.82) is 0 Å². The SMILES string of the molecule is CC(Nc1ncnc2c1cc(C1CCS(=O)(=O)CC1)c(=O)n2CCCCC=O)c1cccc(C(F)(F)CCC2CCNCC2)c1F. The second-order valence-corrected chi connectivity index (χ2v) is 14.9. The summed E-state index contributed by atoms with van der Waals surface area (Å²) in [5.41, 5.74) is -0.0490. The molecule has 2 aliphatic rings. The molecule has 1 unspecified atom stereocenters. The smallest absolute Gasteiger partial charge is 0.276 e. The molecule has 0 bridgehead atoms. The number of sulfone groups is 1.